The van der Waals surface area contributed by atoms with Gasteiger partial charge >= 0.3 is 0 Å². The first kappa shape index (κ1) is 16.5. The van der Waals surface area contributed by atoms with E-state index in [4.69, 9.17) is 4.74 Å². The largest absolute Gasteiger partial charge is 0.381 e. The Hall–Kier alpha value is -0.900. The summed E-state index contributed by atoms with van der Waals surface area (Å²) >= 11 is 0. The number of ether oxygens (including phenoxy) is 1. The van der Waals surface area contributed by atoms with E-state index in [2.05, 4.69) is 54.4 Å². The summed E-state index contributed by atoms with van der Waals surface area (Å²) in [6, 6.07) is 12.0. The lowest BCUT2D eigenvalue weighted by atomic mass is 10.0. The molecule has 3 nitrogen and oxygen atoms in total. The second-order valence-corrected chi connectivity index (χ2v) is 5.80. The molecule has 0 saturated carbocycles. The molecule has 0 radical (unpaired) electrons. The number of nitrogens with one attached hydrogen (secondary N) is 1. The monoisotopic (exact) mass is 290 g/mol. The van der Waals surface area contributed by atoms with Crippen LogP contribution in [0.2, 0.25) is 0 Å². The molecule has 0 bridgehead atoms. The van der Waals surface area contributed by atoms with Gasteiger partial charge in [-0.3, -0.25) is 4.90 Å². The molecule has 2 atom stereocenters. The summed E-state index contributed by atoms with van der Waals surface area (Å²) < 4.78 is 5.56. The molecule has 1 aliphatic heterocycles. The summed E-state index contributed by atoms with van der Waals surface area (Å²) in [4.78, 5) is 2.54. The molecule has 0 amide bonds. The standard InChI is InChI=1S/C18H30N2O/c1-3-20(4-2)18(16-9-6-5-7-10-16)15-19-17-11-8-13-21-14-12-17/h5-7,9-10,17-19H,3-4,8,11-15H2,1-2H3. The van der Waals surface area contributed by atoms with Crippen LogP contribution in [-0.4, -0.2) is 43.8 Å². The van der Waals surface area contributed by atoms with Crippen LogP contribution in [0, 0.1) is 0 Å². The second-order valence-electron chi connectivity index (χ2n) is 5.80. The minimum Gasteiger partial charge on any atom is -0.381 e. The minimum absolute atomic E-state index is 0.463. The normalized spacial score (nSPS) is 21.2. The molecule has 1 heterocycles. The summed E-state index contributed by atoms with van der Waals surface area (Å²) in [5, 5.41) is 3.79. The Bertz CT molecular complexity index is 370. The molecule has 1 aromatic rings. The van der Waals surface area contributed by atoms with Crippen molar-refractivity contribution in [3.8, 4) is 0 Å². The van der Waals surface area contributed by atoms with E-state index in [0.717, 1.165) is 39.3 Å². The van der Waals surface area contributed by atoms with Gasteiger partial charge in [0.1, 0.15) is 0 Å². The number of hydrogen-bond donors (Lipinski definition) is 1. The van der Waals surface area contributed by atoms with Crippen LogP contribution in [0.3, 0.4) is 0 Å². The van der Waals surface area contributed by atoms with Gasteiger partial charge in [-0.25, -0.2) is 0 Å². The average Bonchev–Trinajstić information content (AvgIpc) is 2.81. The molecule has 0 aromatic heterocycles. The molecule has 118 valence electrons. The van der Waals surface area contributed by atoms with Gasteiger partial charge in [-0.05, 0) is 37.9 Å². The number of benzene rings is 1. The van der Waals surface area contributed by atoms with Crippen molar-refractivity contribution in [1.82, 2.24) is 10.2 Å². The van der Waals surface area contributed by atoms with Gasteiger partial charge < -0.3 is 10.1 Å². The lowest BCUT2D eigenvalue weighted by molar-refractivity contribution is 0.142. The lowest BCUT2D eigenvalue weighted by Gasteiger charge is -2.31. The molecule has 1 aliphatic rings. The SMILES string of the molecule is CCN(CC)C(CNC1CCCOCC1)c1ccccc1. The van der Waals surface area contributed by atoms with Crippen LogP contribution in [0.1, 0.15) is 44.7 Å². The summed E-state index contributed by atoms with van der Waals surface area (Å²) in [6.07, 6.45) is 3.55. The van der Waals surface area contributed by atoms with E-state index in [1.807, 2.05) is 0 Å². The molecule has 1 N–H and O–H groups in total. The fourth-order valence-electron chi connectivity index (χ4n) is 3.18. The zero-order valence-corrected chi connectivity index (χ0v) is 13.6. The first-order valence-corrected chi connectivity index (χ1v) is 8.45. The Morgan fingerprint density at radius 3 is 2.62 bits per heavy atom. The quantitative estimate of drug-likeness (QED) is 0.834. The highest BCUT2D eigenvalue weighted by molar-refractivity contribution is 5.19. The Morgan fingerprint density at radius 1 is 1.14 bits per heavy atom. The molecule has 2 unspecified atom stereocenters. The molecule has 0 aliphatic carbocycles. The van der Waals surface area contributed by atoms with Crippen molar-refractivity contribution < 1.29 is 4.74 Å². The van der Waals surface area contributed by atoms with E-state index in [9.17, 15) is 0 Å². The predicted octanol–water partition coefficient (Wildman–Crippen LogP) is 3.23. The average molecular weight is 290 g/mol. The first-order chi connectivity index (χ1) is 10.3. The maximum Gasteiger partial charge on any atom is 0.0480 e. The Balaban J connectivity index is 1.98. The number of rotatable bonds is 7. The smallest absolute Gasteiger partial charge is 0.0480 e. The number of nitrogens with zero attached hydrogens (tertiary/aromatic N) is 1. The minimum atomic E-state index is 0.463. The van der Waals surface area contributed by atoms with Gasteiger partial charge in [-0.1, -0.05) is 44.2 Å². The maximum atomic E-state index is 5.56. The number of likely N-dealkylation sites (N-methyl/N-ethyl adjacent to an activating group) is 1. The fourth-order valence-corrected chi connectivity index (χ4v) is 3.18. The zero-order chi connectivity index (χ0) is 14.9. The van der Waals surface area contributed by atoms with Crippen molar-refractivity contribution in [2.45, 2.75) is 45.2 Å². The summed E-state index contributed by atoms with van der Waals surface area (Å²) in [5.41, 5.74) is 1.42. The highest BCUT2D eigenvalue weighted by Crippen LogP contribution is 2.20. The topological polar surface area (TPSA) is 24.5 Å². The third kappa shape index (κ3) is 5.10. The Labute approximate surface area is 129 Å². The van der Waals surface area contributed by atoms with E-state index >= 15 is 0 Å². The van der Waals surface area contributed by atoms with Gasteiger partial charge in [0.2, 0.25) is 0 Å². The maximum absolute atomic E-state index is 5.56. The van der Waals surface area contributed by atoms with Gasteiger partial charge in [0.05, 0.1) is 0 Å². The van der Waals surface area contributed by atoms with E-state index in [0.29, 0.717) is 12.1 Å². The zero-order valence-electron chi connectivity index (χ0n) is 13.6. The van der Waals surface area contributed by atoms with Gasteiger partial charge in [0.15, 0.2) is 0 Å². The molecular weight excluding hydrogens is 260 g/mol. The highest BCUT2D eigenvalue weighted by atomic mass is 16.5. The van der Waals surface area contributed by atoms with Crippen molar-refractivity contribution in [3.63, 3.8) is 0 Å². The molecule has 3 heteroatoms. The van der Waals surface area contributed by atoms with Crippen molar-refractivity contribution in [2.24, 2.45) is 0 Å². The molecule has 1 aromatic carbocycles. The van der Waals surface area contributed by atoms with Crippen LogP contribution in [0.25, 0.3) is 0 Å². The van der Waals surface area contributed by atoms with Gasteiger partial charge in [-0.2, -0.15) is 0 Å². The van der Waals surface area contributed by atoms with E-state index < -0.39 is 0 Å². The third-order valence-corrected chi connectivity index (χ3v) is 4.49. The van der Waals surface area contributed by atoms with Crippen LogP contribution in [0.5, 0.6) is 0 Å². The van der Waals surface area contributed by atoms with E-state index in [1.54, 1.807) is 0 Å². The van der Waals surface area contributed by atoms with Crippen molar-refractivity contribution >= 4 is 0 Å². The molecule has 21 heavy (non-hydrogen) atoms. The van der Waals surface area contributed by atoms with E-state index in [1.165, 1.54) is 18.4 Å². The summed E-state index contributed by atoms with van der Waals surface area (Å²) in [7, 11) is 0. The van der Waals surface area contributed by atoms with Crippen LogP contribution in [-0.2, 0) is 4.74 Å². The van der Waals surface area contributed by atoms with Crippen LogP contribution < -0.4 is 5.32 Å². The Morgan fingerprint density at radius 2 is 1.90 bits per heavy atom. The van der Waals surface area contributed by atoms with Crippen LogP contribution in [0.15, 0.2) is 30.3 Å². The van der Waals surface area contributed by atoms with Gasteiger partial charge in [0.25, 0.3) is 0 Å². The van der Waals surface area contributed by atoms with Crippen molar-refractivity contribution in [2.75, 3.05) is 32.8 Å². The molecule has 1 fully saturated rings. The highest BCUT2D eigenvalue weighted by Gasteiger charge is 2.20. The summed E-state index contributed by atoms with van der Waals surface area (Å²) in [6.45, 7) is 9.53. The first-order valence-electron chi connectivity index (χ1n) is 8.45. The van der Waals surface area contributed by atoms with Crippen molar-refractivity contribution in [1.29, 1.82) is 0 Å². The molecule has 1 saturated heterocycles. The summed E-state index contributed by atoms with van der Waals surface area (Å²) in [5.74, 6) is 0. The molecule has 2 rings (SSSR count). The van der Waals surface area contributed by atoms with E-state index in [-0.39, 0.29) is 0 Å². The van der Waals surface area contributed by atoms with Crippen LogP contribution in [0.4, 0.5) is 0 Å². The predicted molar refractivity (Wildman–Crippen MR) is 88.6 cm³/mol. The Kier molecular flexibility index (Phi) is 7.20. The third-order valence-electron chi connectivity index (χ3n) is 4.49. The molecular formula is C18H30N2O. The van der Waals surface area contributed by atoms with Gasteiger partial charge in [0, 0.05) is 31.8 Å². The van der Waals surface area contributed by atoms with Crippen LogP contribution >= 0.6 is 0 Å². The van der Waals surface area contributed by atoms with Gasteiger partial charge in [-0.15, -0.1) is 0 Å². The van der Waals surface area contributed by atoms with Crippen molar-refractivity contribution in [3.05, 3.63) is 35.9 Å². The second kappa shape index (κ2) is 9.19. The lowest BCUT2D eigenvalue weighted by Crippen LogP contribution is -2.40. The molecule has 0 spiro atoms. The fraction of sp³-hybridized carbons (Fsp3) is 0.667. The number of hydrogen-bond acceptors (Lipinski definition) is 3.